The van der Waals surface area contributed by atoms with Gasteiger partial charge in [0, 0.05) is 5.69 Å². The molecule has 1 aromatic rings. The Labute approximate surface area is 84.0 Å². The zero-order valence-electron chi connectivity index (χ0n) is 8.30. The third kappa shape index (κ3) is 2.31. The van der Waals surface area contributed by atoms with Gasteiger partial charge in [0.15, 0.2) is 0 Å². The first-order chi connectivity index (χ1) is 6.56. The fourth-order valence-corrected chi connectivity index (χ4v) is 1.30. The monoisotopic (exact) mass is 195 g/mol. The SMILES string of the molecule is [B]C(CC)c1ccc(C)nc1C(F)F. The maximum atomic E-state index is 12.6. The van der Waals surface area contributed by atoms with E-state index in [1.807, 2.05) is 6.92 Å². The van der Waals surface area contributed by atoms with E-state index < -0.39 is 6.43 Å². The summed E-state index contributed by atoms with van der Waals surface area (Å²) in [4.78, 5) is 3.81. The fraction of sp³-hybridized carbons (Fsp3) is 0.500. The molecule has 1 aromatic heterocycles. The summed E-state index contributed by atoms with van der Waals surface area (Å²) in [6.07, 6.45) is -1.92. The molecule has 0 saturated carbocycles. The van der Waals surface area contributed by atoms with Crippen molar-refractivity contribution in [2.24, 2.45) is 0 Å². The largest absolute Gasteiger partial charge is 0.280 e. The third-order valence-electron chi connectivity index (χ3n) is 2.14. The van der Waals surface area contributed by atoms with E-state index in [1.54, 1.807) is 19.1 Å². The Hall–Kier alpha value is -0.925. The molecule has 74 valence electrons. The molecule has 0 aliphatic rings. The maximum absolute atomic E-state index is 12.6. The molecule has 14 heavy (non-hydrogen) atoms. The van der Waals surface area contributed by atoms with Crippen molar-refractivity contribution in [3.05, 3.63) is 29.1 Å². The summed E-state index contributed by atoms with van der Waals surface area (Å²) in [5.41, 5.74) is 0.861. The number of aromatic nitrogens is 1. The van der Waals surface area contributed by atoms with Crippen molar-refractivity contribution < 1.29 is 8.78 Å². The number of pyridine rings is 1. The minimum atomic E-state index is -2.55. The van der Waals surface area contributed by atoms with Crippen molar-refractivity contribution in [3.8, 4) is 0 Å². The van der Waals surface area contributed by atoms with E-state index >= 15 is 0 Å². The number of halogens is 2. The van der Waals surface area contributed by atoms with E-state index in [4.69, 9.17) is 7.85 Å². The smallest absolute Gasteiger partial charge is 0.252 e. The molecule has 0 aliphatic carbocycles. The summed E-state index contributed by atoms with van der Waals surface area (Å²) in [6, 6.07) is 3.34. The predicted octanol–water partition coefficient (Wildman–Crippen LogP) is 2.95. The van der Waals surface area contributed by atoms with Gasteiger partial charge in [-0.1, -0.05) is 25.2 Å². The highest BCUT2D eigenvalue weighted by Gasteiger charge is 2.17. The molecule has 0 aliphatic heterocycles. The minimum absolute atomic E-state index is 0.181. The topological polar surface area (TPSA) is 12.9 Å². The standard InChI is InChI=1S/C10H12BF2N/c1-3-8(11)7-5-4-6(2)14-9(7)10(12)13/h4-5,8,10H,3H2,1-2H3. The number of hydrogen-bond donors (Lipinski definition) is 0. The Morgan fingerprint density at radius 1 is 1.43 bits per heavy atom. The molecular formula is C10H12BF2N. The lowest BCUT2D eigenvalue weighted by Gasteiger charge is -2.14. The molecule has 1 unspecified atom stereocenters. The van der Waals surface area contributed by atoms with Crippen molar-refractivity contribution in [1.82, 2.24) is 4.98 Å². The van der Waals surface area contributed by atoms with Crippen LogP contribution in [0.4, 0.5) is 8.78 Å². The Morgan fingerprint density at radius 2 is 2.07 bits per heavy atom. The molecule has 0 aromatic carbocycles. The maximum Gasteiger partial charge on any atom is 0.280 e. The summed E-state index contributed by atoms with van der Waals surface area (Å²) in [5.74, 6) is -0.355. The van der Waals surface area contributed by atoms with Gasteiger partial charge in [-0.15, -0.1) is 0 Å². The first kappa shape index (κ1) is 11.2. The second-order valence-corrected chi connectivity index (χ2v) is 3.24. The molecule has 0 fully saturated rings. The zero-order chi connectivity index (χ0) is 10.7. The lowest BCUT2D eigenvalue weighted by atomic mass is 9.78. The molecule has 4 heteroatoms. The van der Waals surface area contributed by atoms with Gasteiger partial charge in [0.25, 0.3) is 6.43 Å². The highest BCUT2D eigenvalue weighted by Crippen LogP contribution is 2.27. The normalized spacial score (nSPS) is 13.2. The van der Waals surface area contributed by atoms with Crippen LogP contribution in [-0.2, 0) is 0 Å². The second-order valence-electron chi connectivity index (χ2n) is 3.24. The Kier molecular flexibility index (Phi) is 3.61. The average Bonchev–Trinajstić information content (AvgIpc) is 2.16. The summed E-state index contributed by atoms with van der Waals surface area (Å²) in [5, 5.41) is 0. The summed E-state index contributed by atoms with van der Waals surface area (Å²) < 4.78 is 25.2. The van der Waals surface area contributed by atoms with Gasteiger partial charge in [0.05, 0.1) is 7.85 Å². The van der Waals surface area contributed by atoms with E-state index in [9.17, 15) is 8.78 Å². The Balaban J connectivity index is 3.14. The van der Waals surface area contributed by atoms with Crippen LogP contribution in [0, 0.1) is 6.92 Å². The summed E-state index contributed by atoms with van der Waals surface area (Å²) in [7, 11) is 5.71. The van der Waals surface area contributed by atoms with Gasteiger partial charge < -0.3 is 0 Å². The van der Waals surface area contributed by atoms with Gasteiger partial charge in [0.1, 0.15) is 5.69 Å². The number of hydrogen-bond acceptors (Lipinski definition) is 1. The van der Waals surface area contributed by atoms with Gasteiger partial charge in [0.2, 0.25) is 0 Å². The van der Waals surface area contributed by atoms with E-state index in [2.05, 4.69) is 4.98 Å². The molecule has 1 rings (SSSR count). The van der Waals surface area contributed by atoms with Crippen LogP contribution in [0.15, 0.2) is 12.1 Å². The molecule has 0 amide bonds. The Morgan fingerprint density at radius 3 is 2.57 bits per heavy atom. The Bertz CT molecular complexity index is 315. The molecule has 0 saturated heterocycles. The summed E-state index contributed by atoms with van der Waals surface area (Å²) >= 11 is 0. The van der Waals surface area contributed by atoms with E-state index in [0.717, 1.165) is 0 Å². The average molecular weight is 195 g/mol. The highest BCUT2D eigenvalue weighted by molar-refractivity contribution is 6.12. The third-order valence-corrected chi connectivity index (χ3v) is 2.14. The van der Waals surface area contributed by atoms with Crippen molar-refractivity contribution >= 4 is 7.85 Å². The van der Waals surface area contributed by atoms with Gasteiger partial charge in [-0.2, -0.15) is 0 Å². The lowest BCUT2D eigenvalue weighted by Crippen LogP contribution is -2.05. The number of nitrogens with zero attached hydrogens (tertiary/aromatic N) is 1. The molecule has 0 bridgehead atoms. The van der Waals surface area contributed by atoms with Crippen LogP contribution >= 0.6 is 0 Å². The van der Waals surface area contributed by atoms with Gasteiger partial charge >= 0.3 is 0 Å². The second kappa shape index (κ2) is 4.53. The fourth-order valence-electron chi connectivity index (χ4n) is 1.30. The van der Waals surface area contributed by atoms with E-state index in [1.165, 1.54) is 0 Å². The van der Waals surface area contributed by atoms with Crippen molar-refractivity contribution in [2.45, 2.75) is 32.5 Å². The van der Waals surface area contributed by atoms with Crippen LogP contribution in [0.25, 0.3) is 0 Å². The van der Waals surface area contributed by atoms with E-state index in [-0.39, 0.29) is 11.5 Å². The molecule has 1 heterocycles. The molecular weight excluding hydrogens is 183 g/mol. The van der Waals surface area contributed by atoms with Crippen LogP contribution in [-0.4, -0.2) is 12.8 Å². The van der Waals surface area contributed by atoms with E-state index in [0.29, 0.717) is 17.7 Å². The van der Waals surface area contributed by atoms with Crippen LogP contribution in [0.1, 0.15) is 42.5 Å². The molecule has 1 atom stereocenters. The van der Waals surface area contributed by atoms with Gasteiger partial charge in [-0.3, -0.25) is 4.98 Å². The van der Waals surface area contributed by atoms with Crippen molar-refractivity contribution in [3.63, 3.8) is 0 Å². The molecule has 2 radical (unpaired) electrons. The minimum Gasteiger partial charge on any atom is -0.252 e. The highest BCUT2D eigenvalue weighted by atomic mass is 19.3. The summed E-state index contributed by atoms with van der Waals surface area (Å²) in [6.45, 7) is 3.55. The number of aryl methyl sites for hydroxylation is 1. The lowest BCUT2D eigenvalue weighted by molar-refractivity contribution is 0.144. The predicted molar refractivity (Wildman–Crippen MR) is 52.7 cm³/mol. The molecule has 1 nitrogen and oxygen atoms in total. The van der Waals surface area contributed by atoms with Crippen LogP contribution < -0.4 is 0 Å². The quantitative estimate of drug-likeness (QED) is 0.675. The van der Waals surface area contributed by atoms with Crippen molar-refractivity contribution in [1.29, 1.82) is 0 Å². The molecule has 0 N–H and O–H groups in total. The van der Waals surface area contributed by atoms with Gasteiger partial charge in [-0.05, 0) is 18.6 Å². The first-order valence-electron chi connectivity index (χ1n) is 4.57. The van der Waals surface area contributed by atoms with Crippen molar-refractivity contribution in [2.75, 3.05) is 0 Å². The van der Waals surface area contributed by atoms with Gasteiger partial charge in [-0.25, -0.2) is 8.78 Å². The molecule has 0 spiro atoms. The van der Waals surface area contributed by atoms with Crippen LogP contribution in [0.2, 0.25) is 0 Å². The number of alkyl halides is 2. The first-order valence-corrected chi connectivity index (χ1v) is 4.57. The number of rotatable bonds is 3. The van der Waals surface area contributed by atoms with Crippen LogP contribution in [0.3, 0.4) is 0 Å². The van der Waals surface area contributed by atoms with Crippen LogP contribution in [0.5, 0.6) is 0 Å². The zero-order valence-corrected chi connectivity index (χ0v) is 8.30.